The van der Waals surface area contributed by atoms with Crippen molar-refractivity contribution in [3.63, 3.8) is 0 Å². The first-order valence-electron chi connectivity index (χ1n) is 9.18. The molecular weight excluding hydrogens is 316 g/mol. The summed E-state index contributed by atoms with van der Waals surface area (Å²) in [5.74, 6) is 0.795. The van der Waals surface area contributed by atoms with E-state index in [1.807, 2.05) is 32.9 Å². The maximum absolute atomic E-state index is 10.6. The fourth-order valence-electron chi connectivity index (χ4n) is 2.94. The van der Waals surface area contributed by atoms with E-state index in [-0.39, 0.29) is 17.6 Å². The van der Waals surface area contributed by atoms with Crippen molar-refractivity contribution >= 4 is 9.04 Å². The molecule has 24 heavy (non-hydrogen) atoms. The van der Waals surface area contributed by atoms with Crippen LogP contribution in [0.3, 0.4) is 0 Å². The number of benzene rings is 1. The number of hydrogen-bond donors (Lipinski definition) is 1. The second-order valence-corrected chi connectivity index (χ2v) is 10.4. The minimum Gasteiger partial charge on any atom is -0.488 e. The molecular formula is C20H36O3Si. The molecule has 0 fully saturated rings. The van der Waals surface area contributed by atoms with Crippen molar-refractivity contribution < 1.29 is 14.3 Å². The minimum atomic E-state index is -1.16. The summed E-state index contributed by atoms with van der Waals surface area (Å²) < 4.78 is 12.4. The third-order valence-corrected chi connectivity index (χ3v) is 5.47. The number of aliphatic hydroxyl groups is 1. The van der Waals surface area contributed by atoms with Crippen LogP contribution in [-0.2, 0) is 4.43 Å². The van der Waals surface area contributed by atoms with E-state index in [2.05, 4.69) is 46.0 Å². The lowest BCUT2D eigenvalue weighted by Crippen LogP contribution is -2.42. The molecule has 1 aromatic rings. The van der Waals surface area contributed by atoms with Crippen molar-refractivity contribution in [2.45, 2.75) is 85.3 Å². The Morgan fingerprint density at radius 3 is 2.17 bits per heavy atom. The lowest BCUT2D eigenvalue weighted by Gasteiger charge is -2.34. The van der Waals surface area contributed by atoms with Gasteiger partial charge in [-0.05, 0) is 56.0 Å². The van der Waals surface area contributed by atoms with Crippen LogP contribution in [0.25, 0.3) is 0 Å². The Labute approximate surface area is 150 Å². The van der Waals surface area contributed by atoms with E-state index in [4.69, 9.17) is 9.16 Å². The highest BCUT2D eigenvalue weighted by molar-refractivity contribution is 6.48. The standard InChI is InChI=1S/C20H36O3Si/c1-9-20(21,10-2)15(3)22-17-13-11-12-16(14-17)18(19(4,5)6)23-24(7)8/h11-15,18,21,24H,9-10H2,1-8H3. The molecule has 3 nitrogen and oxygen atoms in total. The first-order chi connectivity index (χ1) is 11.0. The molecule has 1 N–H and O–H groups in total. The highest BCUT2D eigenvalue weighted by Crippen LogP contribution is 2.38. The summed E-state index contributed by atoms with van der Waals surface area (Å²) >= 11 is 0. The van der Waals surface area contributed by atoms with Gasteiger partial charge in [0, 0.05) is 0 Å². The predicted octanol–water partition coefficient (Wildman–Crippen LogP) is 5.09. The number of rotatable bonds is 8. The molecule has 1 rings (SSSR count). The third-order valence-electron chi connectivity index (χ3n) is 4.65. The molecule has 0 aliphatic rings. The topological polar surface area (TPSA) is 38.7 Å². The van der Waals surface area contributed by atoms with Gasteiger partial charge in [0.05, 0.1) is 6.10 Å². The Balaban J connectivity index is 3.04. The van der Waals surface area contributed by atoms with Crippen LogP contribution in [0, 0.1) is 5.41 Å². The molecule has 1 aromatic carbocycles. The molecule has 0 spiro atoms. The van der Waals surface area contributed by atoms with Crippen molar-refractivity contribution in [3.05, 3.63) is 29.8 Å². The lowest BCUT2D eigenvalue weighted by molar-refractivity contribution is -0.0589. The van der Waals surface area contributed by atoms with Gasteiger partial charge in [-0.25, -0.2) is 0 Å². The van der Waals surface area contributed by atoms with Crippen LogP contribution in [-0.4, -0.2) is 25.9 Å². The van der Waals surface area contributed by atoms with Gasteiger partial charge in [-0.3, -0.25) is 0 Å². The second-order valence-electron chi connectivity index (χ2n) is 8.07. The summed E-state index contributed by atoms with van der Waals surface area (Å²) in [6.45, 7) is 16.9. The molecule has 0 saturated carbocycles. The maximum Gasteiger partial charge on any atom is 0.171 e. The lowest BCUT2D eigenvalue weighted by atomic mass is 9.85. The summed E-state index contributed by atoms with van der Waals surface area (Å²) in [7, 11) is -1.16. The summed E-state index contributed by atoms with van der Waals surface area (Å²) in [4.78, 5) is 0. The van der Waals surface area contributed by atoms with Gasteiger partial charge in [0.15, 0.2) is 9.04 Å². The largest absolute Gasteiger partial charge is 0.488 e. The van der Waals surface area contributed by atoms with E-state index < -0.39 is 14.6 Å². The molecule has 0 aliphatic carbocycles. The molecule has 0 radical (unpaired) electrons. The molecule has 0 saturated heterocycles. The van der Waals surface area contributed by atoms with E-state index in [0.717, 1.165) is 11.3 Å². The first kappa shape index (κ1) is 21.2. The number of hydrogen-bond acceptors (Lipinski definition) is 3. The van der Waals surface area contributed by atoms with Gasteiger partial charge in [-0.2, -0.15) is 0 Å². The zero-order chi connectivity index (χ0) is 18.5. The van der Waals surface area contributed by atoms with Crippen LogP contribution >= 0.6 is 0 Å². The normalized spacial score (nSPS) is 15.4. The highest BCUT2D eigenvalue weighted by atomic mass is 28.3. The summed E-state index contributed by atoms with van der Waals surface area (Å²) in [6, 6.07) is 8.14. The van der Waals surface area contributed by atoms with Gasteiger partial charge >= 0.3 is 0 Å². The first-order valence-corrected chi connectivity index (χ1v) is 12.0. The van der Waals surface area contributed by atoms with Gasteiger partial charge in [0.2, 0.25) is 0 Å². The zero-order valence-electron chi connectivity index (χ0n) is 16.7. The van der Waals surface area contributed by atoms with E-state index in [1.165, 1.54) is 0 Å². The van der Waals surface area contributed by atoms with Gasteiger partial charge in [0.1, 0.15) is 17.5 Å². The van der Waals surface area contributed by atoms with Gasteiger partial charge in [0.25, 0.3) is 0 Å². The summed E-state index contributed by atoms with van der Waals surface area (Å²) in [5.41, 5.74) is 0.375. The summed E-state index contributed by atoms with van der Waals surface area (Å²) in [5, 5.41) is 10.6. The van der Waals surface area contributed by atoms with Crippen molar-refractivity contribution in [2.24, 2.45) is 5.41 Å². The quantitative estimate of drug-likeness (QED) is 0.662. The molecule has 0 aromatic heterocycles. The van der Waals surface area contributed by atoms with Crippen LogP contribution in [0.1, 0.15) is 66.1 Å². The Morgan fingerprint density at radius 2 is 1.71 bits per heavy atom. The SMILES string of the molecule is CCC(O)(CC)C(C)Oc1cccc(C(O[SiH](C)C)C(C)(C)C)c1. The third kappa shape index (κ3) is 5.61. The molecule has 0 amide bonds. The molecule has 4 heteroatoms. The number of ether oxygens (including phenoxy) is 1. The van der Waals surface area contributed by atoms with E-state index in [9.17, 15) is 5.11 Å². The molecule has 0 heterocycles. The molecule has 0 aliphatic heterocycles. The van der Waals surface area contributed by atoms with Crippen LogP contribution in [0.15, 0.2) is 24.3 Å². The minimum absolute atomic E-state index is 0.0229. The van der Waals surface area contributed by atoms with E-state index in [1.54, 1.807) is 0 Å². The maximum atomic E-state index is 10.6. The molecule has 138 valence electrons. The Hall–Kier alpha value is -0.843. The van der Waals surface area contributed by atoms with Crippen LogP contribution in [0.5, 0.6) is 5.75 Å². The molecule has 2 unspecified atom stereocenters. The Kier molecular flexibility index (Phi) is 7.51. The van der Waals surface area contributed by atoms with Crippen molar-refractivity contribution in [1.29, 1.82) is 0 Å². The van der Waals surface area contributed by atoms with Gasteiger partial charge in [-0.1, -0.05) is 46.8 Å². The van der Waals surface area contributed by atoms with Crippen molar-refractivity contribution in [3.8, 4) is 5.75 Å². The van der Waals surface area contributed by atoms with Gasteiger partial charge < -0.3 is 14.3 Å². The van der Waals surface area contributed by atoms with E-state index >= 15 is 0 Å². The predicted molar refractivity (Wildman–Crippen MR) is 104 cm³/mol. The zero-order valence-corrected chi connectivity index (χ0v) is 17.9. The molecule has 2 atom stereocenters. The second kappa shape index (κ2) is 8.50. The van der Waals surface area contributed by atoms with Gasteiger partial charge in [-0.15, -0.1) is 0 Å². The summed E-state index contributed by atoms with van der Waals surface area (Å²) in [6.07, 6.45) is 1.16. The van der Waals surface area contributed by atoms with Crippen molar-refractivity contribution in [1.82, 2.24) is 0 Å². The smallest absolute Gasteiger partial charge is 0.171 e. The monoisotopic (exact) mass is 352 g/mol. The van der Waals surface area contributed by atoms with Crippen molar-refractivity contribution in [2.75, 3.05) is 0 Å². The van der Waals surface area contributed by atoms with E-state index in [0.29, 0.717) is 12.8 Å². The van der Waals surface area contributed by atoms with Crippen LogP contribution in [0.4, 0.5) is 0 Å². The average Bonchev–Trinajstić information content (AvgIpc) is 2.50. The Morgan fingerprint density at radius 1 is 1.12 bits per heavy atom. The van der Waals surface area contributed by atoms with Crippen LogP contribution in [0.2, 0.25) is 13.1 Å². The molecule has 0 bridgehead atoms. The Bertz CT molecular complexity index is 504. The fourth-order valence-corrected chi connectivity index (χ4v) is 4.05. The average molecular weight is 353 g/mol. The highest BCUT2D eigenvalue weighted by Gasteiger charge is 2.32. The fraction of sp³-hybridized carbons (Fsp3) is 0.700. The van der Waals surface area contributed by atoms with Crippen LogP contribution < -0.4 is 4.74 Å².